The molecule has 0 heterocycles. The molecule has 0 aromatic rings. The maximum atomic E-state index is 11.9. The van der Waals surface area contributed by atoms with Gasteiger partial charge in [0, 0.05) is 13.1 Å². The highest BCUT2D eigenvalue weighted by Gasteiger charge is 2.38. The average Bonchev–Trinajstić information content (AvgIpc) is 2.48. The fraction of sp³-hybridized carbons (Fsp3) is 0.867. The minimum Gasteiger partial charge on any atom is -0.444 e. The van der Waals surface area contributed by atoms with Gasteiger partial charge in [-0.25, -0.2) is 4.79 Å². The van der Waals surface area contributed by atoms with Crippen molar-refractivity contribution in [3.8, 4) is 0 Å². The lowest BCUT2D eigenvalue weighted by molar-refractivity contribution is -0.173. The second-order valence-corrected chi connectivity index (χ2v) is 6.02. The van der Waals surface area contributed by atoms with Crippen LogP contribution in [-0.4, -0.2) is 76.5 Å². The van der Waals surface area contributed by atoms with Gasteiger partial charge < -0.3 is 29.6 Å². The van der Waals surface area contributed by atoms with Crippen molar-refractivity contribution in [2.45, 2.75) is 32.5 Å². The summed E-state index contributed by atoms with van der Waals surface area (Å²) >= 11 is 0. The Morgan fingerprint density at radius 1 is 0.769 bits per heavy atom. The SMILES string of the molecule is CC(C)(C)OC(=O)NCCOCCOCCOCCNC(=O)C(F)(F)F. The van der Waals surface area contributed by atoms with Gasteiger partial charge in [-0.2, -0.15) is 13.2 Å². The summed E-state index contributed by atoms with van der Waals surface area (Å²) < 4.78 is 56.1. The molecule has 0 aliphatic carbocycles. The Bertz CT molecular complexity index is 413. The van der Waals surface area contributed by atoms with E-state index < -0.39 is 23.8 Å². The summed E-state index contributed by atoms with van der Waals surface area (Å²) in [6.07, 6.45) is -5.40. The normalized spacial score (nSPS) is 11.9. The van der Waals surface area contributed by atoms with Crippen LogP contribution in [0.15, 0.2) is 0 Å². The maximum absolute atomic E-state index is 11.9. The molecular weight excluding hydrogens is 361 g/mol. The zero-order valence-electron chi connectivity index (χ0n) is 15.2. The Hall–Kier alpha value is -1.59. The number of alkyl carbamates (subject to hydrolysis) is 1. The molecule has 0 radical (unpaired) electrons. The Balaban J connectivity index is 3.30. The number of alkyl halides is 3. The van der Waals surface area contributed by atoms with Crippen molar-refractivity contribution in [1.82, 2.24) is 10.6 Å². The standard InChI is InChI=1S/C15H27F3N2O6/c1-14(2,3)26-13(22)20-5-7-24-9-11-25-10-8-23-6-4-19-12(21)15(16,17)18/h4-11H2,1-3H3,(H,19,21)(H,20,22). The third-order valence-corrected chi connectivity index (χ3v) is 2.45. The van der Waals surface area contributed by atoms with Gasteiger partial charge in [0.2, 0.25) is 0 Å². The van der Waals surface area contributed by atoms with E-state index in [-0.39, 0.29) is 26.4 Å². The molecule has 2 N–H and O–H groups in total. The minimum atomic E-state index is -4.88. The van der Waals surface area contributed by atoms with E-state index >= 15 is 0 Å². The van der Waals surface area contributed by atoms with Crippen LogP contribution in [0.25, 0.3) is 0 Å². The molecule has 0 aromatic heterocycles. The number of hydrogen-bond acceptors (Lipinski definition) is 6. The molecule has 0 bridgehead atoms. The number of ether oxygens (including phenoxy) is 4. The molecule has 0 fully saturated rings. The van der Waals surface area contributed by atoms with Crippen molar-refractivity contribution in [2.75, 3.05) is 52.7 Å². The summed E-state index contributed by atoms with van der Waals surface area (Å²) in [6, 6.07) is 0. The van der Waals surface area contributed by atoms with Gasteiger partial charge in [-0.15, -0.1) is 0 Å². The van der Waals surface area contributed by atoms with E-state index in [0.29, 0.717) is 26.4 Å². The minimum absolute atomic E-state index is 0.0436. The molecule has 2 amide bonds. The summed E-state index contributed by atoms with van der Waals surface area (Å²) in [4.78, 5) is 21.8. The van der Waals surface area contributed by atoms with Gasteiger partial charge in [0.25, 0.3) is 0 Å². The summed E-state index contributed by atoms with van der Waals surface area (Å²) in [6.45, 7) is 6.69. The molecule has 0 spiro atoms. The van der Waals surface area contributed by atoms with E-state index in [4.69, 9.17) is 18.9 Å². The number of carbonyl (C=O) groups is 2. The summed E-state index contributed by atoms with van der Waals surface area (Å²) in [5.74, 6) is -1.99. The maximum Gasteiger partial charge on any atom is 0.471 e. The first-order valence-electron chi connectivity index (χ1n) is 8.07. The molecule has 26 heavy (non-hydrogen) atoms. The van der Waals surface area contributed by atoms with E-state index in [1.165, 1.54) is 0 Å². The molecule has 11 heteroatoms. The number of nitrogens with one attached hydrogen (secondary N) is 2. The highest BCUT2D eigenvalue weighted by Crippen LogP contribution is 2.13. The molecule has 154 valence electrons. The van der Waals surface area contributed by atoms with Gasteiger partial charge in [0.05, 0.1) is 39.6 Å². The summed E-state index contributed by atoms with van der Waals surface area (Å²) in [5, 5.41) is 4.22. The fourth-order valence-corrected chi connectivity index (χ4v) is 1.42. The zero-order valence-corrected chi connectivity index (χ0v) is 15.2. The number of amides is 2. The van der Waals surface area contributed by atoms with Crippen LogP contribution in [0.3, 0.4) is 0 Å². The van der Waals surface area contributed by atoms with Crippen LogP contribution >= 0.6 is 0 Å². The zero-order chi connectivity index (χ0) is 20.1. The molecule has 0 atom stereocenters. The van der Waals surface area contributed by atoms with Crippen molar-refractivity contribution >= 4 is 12.0 Å². The number of halogens is 3. The van der Waals surface area contributed by atoms with E-state index in [1.807, 2.05) is 0 Å². The Morgan fingerprint density at radius 2 is 1.19 bits per heavy atom. The number of hydrogen-bond donors (Lipinski definition) is 2. The summed E-state index contributed by atoms with van der Waals surface area (Å²) in [7, 11) is 0. The lowest BCUT2D eigenvalue weighted by Gasteiger charge is -2.19. The second kappa shape index (κ2) is 12.7. The third-order valence-electron chi connectivity index (χ3n) is 2.45. The molecule has 0 aliphatic heterocycles. The van der Waals surface area contributed by atoms with Crippen molar-refractivity contribution in [2.24, 2.45) is 0 Å². The van der Waals surface area contributed by atoms with Crippen LogP contribution in [0.5, 0.6) is 0 Å². The highest BCUT2D eigenvalue weighted by molar-refractivity contribution is 5.81. The molecule has 8 nitrogen and oxygen atoms in total. The highest BCUT2D eigenvalue weighted by atomic mass is 19.4. The Kier molecular flexibility index (Phi) is 11.9. The molecule has 0 saturated heterocycles. The van der Waals surface area contributed by atoms with Crippen molar-refractivity contribution in [1.29, 1.82) is 0 Å². The van der Waals surface area contributed by atoms with Crippen LogP contribution in [0.1, 0.15) is 20.8 Å². The van der Waals surface area contributed by atoms with Gasteiger partial charge in [-0.05, 0) is 20.8 Å². The van der Waals surface area contributed by atoms with Gasteiger partial charge >= 0.3 is 18.2 Å². The van der Waals surface area contributed by atoms with E-state index in [9.17, 15) is 22.8 Å². The van der Waals surface area contributed by atoms with E-state index in [0.717, 1.165) is 0 Å². The molecule has 0 aliphatic rings. The Morgan fingerprint density at radius 3 is 1.62 bits per heavy atom. The van der Waals surface area contributed by atoms with Gasteiger partial charge in [-0.1, -0.05) is 0 Å². The largest absolute Gasteiger partial charge is 0.471 e. The van der Waals surface area contributed by atoms with Crippen LogP contribution < -0.4 is 10.6 Å². The van der Waals surface area contributed by atoms with Crippen molar-refractivity contribution in [3.63, 3.8) is 0 Å². The van der Waals surface area contributed by atoms with Crippen LogP contribution in [0.2, 0.25) is 0 Å². The van der Waals surface area contributed by atoms with E-state index in [2.05, 4.69) is 5.32 Å². The van der Waals surface area contributed by atoms with Crippen molar-refractivity contribution < 1.29 is 41.7 Å². The lowest BCUT2D eigenvalue weighted by atomic mass is 10.2. The predicted molar refractivity (Wildman–Crippen MR) is 85.8 cm³/mol. The predicted octanol–water partition coefficient (Wildman–Crippen LogP) is 1.24. The van der Waals surface area contributed by atoms with Crippen LogP contribution in [0, 0.1) is 0 Å². The third kappa shape index (κ3) is 15.9. The lowest BCUT2D eigenvalue weighted by Crippen LogP contribution is -2.38. The molecule has 0 rings (SSSR count). The van der Waals surface area contributed by atoms with Crippen molar-refractivity contribution in [3.05, 3.63) is 0 Å². The van der Waals surface area contributed by atoms with Gasteiger partial charge in [0.15, 0.2) is 0 Å². The molecule has 0 saturated carbocycles. The fourth-order valence-electron chi connectivity index (χ4n) is 1.42. The number of rotatable bonds is 12. The van der Waals surface area contributed by atoms with E-state index in [1.54, 1.807) is 26.1 Å². The van der Waals surface area contributed by atoms with Crippen LogP contribution in [0.4, 0.5) is 18.0 Å². The monoisotopic (exact) mass is 388 g/mol. The van der Waals surface area contributed by atoms with Gasteiger partial charge in [-0.3, -0.25) is 4.79 Å². The first-order valence-corrected chi connectivity index (χ1v) is 8.07. The molecular formula is C15H27F3N2O6. The quantitative estimate of drug-likeness (QED) is 0.489. The second-order valence-electron chi connectivity index (χ2n) is 6.02. The van der Waals surface area contributed by atoms with Crippen LogP contribution in [-0.2, 0) is 23.7 Å². The first kappa shape index (κ1) is 24.4. The van der Waals surface area contributed by atoms with Gasteiger partial charge in [0.1, 0.15) is 5.60 Å². The number of carbonyl (C=O) groups excluding carboxylic acids is 2. The topological polar surface area (TPSA) is 95.1 Å². The molecule has 0 unspecified atom stereocenters. The summed E-state index contributed by atoms with van der Waals surface area (Å²) in [5.41, 5.74) is -0.551. The Labute approximate surface area is 150 Å². The first-order chi connectivity index (χ1) is 12.0. The smallest absolute Gasteiger partial charge is 0.444 e. The average molecular weight is 388 g/mol. The molecule has 0 aromatic carbocycles.